The van der Waals surface area contributed by atoms with Gasteiger partial charge in [-0.2, -0.15) is 0 Å². The molecule has 0 aromatic carbocycles. The van der Waals surface area contributed by atoms with Gasteiger partial charge in [0, 0.05) is 26.0 Å². The molecule has 0 aliphatic carbocycles. The van der Waals surface area contributed by atoms with Crippen LogP contribution in [0.25, 0.3) is 5.32 Å². The van der Waals surface area contributed by atoms with E-state index >= 15 is 0 Å². The van der Waals surface area contributed by atoms with Crippen LogP contribution in [0.4, 0.5) is 0 Å². The molecule has 1 aliphatic heterocycles. The number of piperazine rings is 1. The van der Waals surface area contributed by atoms with Crippen molar-refractivity contribution < 1.29 is 24.3 Å². The van der Waals surface area contributed by atoms with Gasteiger partial charge in [0.25, 0.3) is 0 Å². The second kappa shape index (κ2) is 3.96. The van der Waals surface area contributed by atoms with Crippen molar-refractivity contribution in [2.75, 3.05) is 26.7 Å². The molecule has 1 fully saturated rings. The maximum Gasteiger partial charge on any atom is 0.0654 e. The van der Waals surface area contributed by atoms with Gasteiger partial charge < -0.3 is 15.0 Å². The first kappa shape index (κ1) is 9.05. The molecule has 1 amide bonds. The second-order valence-electron chi connectivity index (χ2n) is 2.01. The number of carbonyl (C=O) groups is 1. The Balaban J connectivity index is 0.000000640. The average molecular weight is 216 g/mol. The van der Waals surface area contributed by atoms with Crippen molar-refractivity contribution in [1.29, 1.82) is 0 Å². The van der Waals surface area contributed by atoms with E-state index in [0.29, 0.717) is 13.1 Å². The molecule has 55 valence electrons. The monoisotopic (exact) mass is 216 g/mol. The Hall–Kier alpha value is 0.0534. The van der Waals surface area contributed by atoms with Crippen LogP contribution in [0.2, 0.25) is 0 Å². The van der Waals surface area contributed by atoms with Gasteiger partial charge >= 0.3 is 0 Å². The smallest absolute Gasteiger partial charge is 0.0654 e. The predicted molar refractivity (Wildman–Crippen MR) is 30.7 cm³/mol. The molecule has 0 bridgehead atoms. The van der Waals surface area contributed by atoms with Crippen molar-refractivity contribution in [3.63, 3.8) is 0 Å². The number of carbonyl (C=O) groups excluding carboxylic acids is 1. The van der Waals surface area contributed by atoms with Crippen LogP contribution in [0.5, 0.6) is 0 Å². The topological polar surface area (TPSA) is 34.4 Å². The Morgan fingerprint density at radius 2 is 2.33 bits per heavy atom. The largest absolute Gasteiger partial charge is 0.651 e. The Morgan fingerprint density at radius 3 is 2.67 bits per heavy atom. The van der Waals surface area contributed by atoms with Gasteiger partial charge in [0.1, 0.15) is 0 Å². The second-order valence-corrected chi connectivity index (χ2v) is 2.01. The van der Waals surface area contributed by atoms with E-state index in [0.717, 1.165) is 6.54 Å². The van der Waals surface area contributed by atoms with Gasteiger partial charge in [-0.3, -0.25) is 0 Å². The third-order valence-electron chi connectivity index (χ3n) is 1.18. The SMILES string of the molecule is CN1CC[N-]C(=O)C1.[Rh]. The van der Waals surface area contributed by atoms with Gasteiger partial charge in [0.2, 0.25) is 0 Å². The summed E-state index contributed by atoms with van der Waals surface area (Å²) in [6.07, 6.45) is 0. The summed E-state index contributed by atoms with van der Waals surface area (Å²) in [4.78, 5) is 12.4. The molecule has 0 atom stereocenters. The number of rotatable bonds is 0. The molecule has 9 heavy (non-hydrogen) atoms. The molecule has 0 saturated carbocycles. The van der Waals surface area contributed by atoms with E-state index in [9.17, 15) is 4.79 Å². The number of amides is 1. The zero-order valence-electron chi connectivity index (χ0n) is 5.26. The summed E-state index contributed by atoms with van der Waals surface area (Å²) in [5.41, 5.74) is 0. The van der Waals surface area contributed by atoms with Crippen LogP contribution in [0, 0.1) is 0 Å². The minimum Gasteiger partial charge on any atom is -0.651 e. The summed E-state index contributed by atoms with van der Waals surface area (Å²) in [5, 5.41) is 3.70. The fourth-order valence-electron chi connectivity index (χ4n) is 0.705. The zero-order chi connectivity index (χ0) is 5.98. The first-order valence-corrected chi connectivity index (χ1v) is 2.68. The van der Waals surface area contributed by atoms with Gasteiger partial charge in [-0.15, -0.1) is 6.54 Å². The standard InChI is InChI=1S/C5H10N2O.Rh/c1-7-3-2-6-5(8)4-7;/h2-4H2,1H3,(H,6,8);/p-1. The predicted octanol–water partition coefficient (Wildman–Crippen LogP) is -0.170. The Morgan fingerprint density at radius 1 is 1.67 bits per heavy atom. The number of hydrogen-bond donors (Lipinski definition) is 0. The first-order valence-electron chi connectivity index (χ1n) is 2.68. The number of likely N-dealkylation sites (N-methyl/N-ethyl adjacent to an activating group) is 1. The maximum absolute atomic E-state index is 10.5. The molecule has 1 rings (SSSR count). The van der Waals surface area contributed by atoms with E-state index in [1.807, 2.05) is 11.9 Å². The Labute approximate surface area is 67.5 Å². The molecule has 0 aromatic heterocycles. The van der Waals surface area contributed by atoms with Crippen LogP contribution in [-0.2, 0) is 24.3 Å². The molecule has 1 heterocycles. The molecule has 4 heteroatoms. The summed E-state index contributed by atoms with van der Waals surface area (Å²) in [6.45, 7) is 2.10. The van der Waals surface area contributed by atoms with Crippen LogP contribution in [0.3, 0.4) is 0 Å². The van der Waals surface area contributed by atoms with Crippen molar-refractivity contribution in [2.45, 2.75) is 0 Å². The Bertz CT molecular complexity index is 107. The summed E-state index contributed by atoms with van der Waals surface area (Å²) in [5.74, 6) is 0.0127. The summed E-state index contributed by atoms with van der Waals surface area (Å²) in [7, 11) is 1.92. The van der Waals surface area contributed by atoms with E-state index in [4.69, 9.17) is 0 Å². The van der Waals surface area contributed by atoms with Crippen molar-refractivity contribution in [3.8, 4) is 0 Å². The van der Waals surface area contributed by atoms with E-state index in [1.165, 1.54) is 0 Å². The van der Waals surface area contributed by atoms with Crippen LogP contribution >= 0.6 is 0 Å². The van der Waals surface area contributed by atoms with E-state index in [2.05, 4.69) is 5.32 Å². The third-order valence-corrected chi connectivity index (χ3v) is 1.18. The minimum absolute atomic E-state index is 0. The molecular formula is C5H9N2ORh-. The van der Waals surface area contributed by atoms with Crippen molar-refractivity contribution in [2.24, 2.45) is 0 Å². The van der Waals surface area contributed by atoms with Crippen LogP contribution in [0.15, 0.2) is 0 Å². The normalized spacial score (nSPS) is 20.3. The van der Waals surface area contributed by atoms with Crippen molar-refractivity contribution >= 4 is 5.91 Å². The minimum atomic E-state index is 0. The fraction of sp³-hybridized carbons (Fsp3) is 0.800. The van der Waals surface area contributed by atoms with Crippen LogP contribution in [-0.4, -0.2) is 37.5 Å². The van der Waals surface area contributed by atoms with Crippen molar-refractivity contribution in [1.82, 2.24) is 4.90 Å². The molecule has 0 unspecified atom stereocenters. The Kier molecular flexibility index (Phi) is 3.99. The van der Waals surface area contributed by atoms with Crippen LogP contribution < -0.4 is 0 Å². The number of hydrogen-bond acceptors (Lipinski definition) is 2. The average Bonchev–Trinajstić information content (AvgIpc) is 1.64. The molecule has 3 nitrogen and oxygen atoms in total. The molecule has 0 spiro atoms. The molecule has 0 N–H and O–H groups in total. The summed E-state index contributed by atoms with van der Waals surface area (Å²) < 4.78 is 0. The van der Waals surface area contributed by atoms with E-state index in [-0.39, 0.29) is 25.4 Å². The molecule has 1 radical (unpaired) electrons. The first-order chi connectivity index (χ1) is 3.79. The van der Waals surface area contributed by atoms with Crippen LogP contribution in [0.1, 0.15) is 0 Å². The maximum atomic E-state index is 10.5. The molecular weight excluding hydrogens is 207 g/mol. The van der Waals surface area contributed by atoms with Gasteiger partial charge in [0.05, 0.1) is 5.91 Å². The molecule has 1 saturated heterocycles. The van der Waals surface area contributed by atoms with E-state index in [1.54, 1.807) is 0 Å². The van der Waals surface area contributed by atoms with E-state index < -0.39 is 0 Å². The third kappa shape index (κ3) is 2.92. The van der Waals surface area contributed by atoms with Gasteiger partial charge in [-0.25, -0.2) is 0 Å². The quantitative estimate of drug-likeness (QED) is 0.527. The molecule has 0 aromatic rings. The summed E-state index contributed by atoms with van der Waals surface area (Å²) in [6, 6.07) is 0. The van der Waals surface area contributed by atoms with Gasteiger partial charge in [-0.1, -0.05) is 0 Å². The summed E-state index contributed by atoms with van der Waals surface area (Å²) >= 11 is 0. The zero-order valence-corrected chi connectivity index (χ0v) is 6.90. The fourth-order valence-corrected chi connectivity index (χ4v) is 0.705. The van der Waals surface area contributed by atoms with Gasteiger partial charge in [0.15, 0.2) is 0 Å². The molecule has 1 aliphatic rings. The van der Waals surface area contributed by atoms with Gasteiger partial charge in [-0.05, 0) is 13.6 Å². The van der Waals surface area contributed by atoms with Crippen molar-refractivity contribution in [3.05, 3.63) is 5.32 Å². The number of nitrogens with zero attached hydrogens (tertiary/aromatic N) is 2.